The van der Waals surface area contributed by atoms with Crippen LogP contribution in [-0.2, 0) is 0 Å². The quantitative estimate of drug-likeness (QED) is 0.885. The van der Waals surface area contributed by atoms with Gasteiger partial charge in [-0.1, -0.05) is 26.2 Å². The number of nitrogens with two attached hydrogens (primary N) is 1. The van der Waals surface area contributed by atoms with E-state index in [0.717, 1.165) is 23.9 Å². The van der Waals surface area contributed by atoms with Crippen molar-refractivity contribution in [1.82, 2.24) is 4.98 Å². The van der Waals surface area contributed by atoms with Crippen molar-refractivity contribution in [2.45, 2.75) is 44.9 Å². The summed E-state index contributed by atoms with van der Waals surface area (Å²) in [6, 6.07) is 3.95. The highest BCUT2D eigenvalue weighted by Crippen LogP contribution is 2.43. The Morgan fingerprint density at radius 1 is 1.42 bits per heavy atom. The predicted molar refractivity (Wildman–Crippen MR) is 78.3 cm³/mol. The van der Waals surface area contributed by atoms with Gasteiger partial charge in [0.25, 0.3) is 0 Å². The summed E-state index contributed by atoms with van der Waals surface area (Å²) in [4.78, 5) is 4.59. The normalized spacial score (nSPS) is 27.2. The average Bonchev–Trinajstić information content (AvgIpc) is 2.47. The van der Waals surface area contributed by atoms with Gasteiger partial charge in [0.1, 0.15) is 5.75 Å². The highest BCUT2D eigenvalue weighted by atomic mass is 16.5. The van der Waals surface area contributed by atoms with E-state index in [-0.39, 0.29) is 0 Å². The second-order valence-electron chi connectivity index (χ2n) is 5.66. The molecule has 0 amide bonds. The van der Waals surface area contributed by atoms with Crippen molar-refractivity contribution in [1.29, 1.82) is 0 Å². The Bertz CT molecular complexity index is 394. The van der Waals surface area contributed by atoms with Gasteiger partial charge in [0, 0.05) is 12.1 Å². The molecule has 3 heteroatoms. The molecule has 1 aliphatic carbocycles. The van der Waals surface area contributed by atoms with Gasteiger partial charge in [-0.25, -0.2) is 0 Å². The van der Waals surface area contributed by atoms with Gasteiger partial charge in [0.05, 0.1) is 12.8 Å². The van der Waals surface area contributed by atoms with Crippen LogP contribution in [0, 0.1) is 11.8 Å². The average molecular weight is 262 g/mol. The molecule has 1 aliphatic rings. The fourth-order valence-corrected chi connectivity index (χ4v) is 3.46. The zero-order chi connectivity index (χ0) is 13.7. The van der Waals surface area contributed by atoms with Gasteiger partial charge in [-0.15, -0.1) is 0 Å². The number of ether oxygens (including phenoxy) is 1. The number of methoxy groups -OCH3 is 1. The largest absolute Gasteiger partial charge is 0.495 e. The van der Waals surface area contributed by atoms with Crippen molar-refractivity contribution in [3.05, 3.63) is 24.0 Å². The maximum atomic E-state index is 5.97. The maximum absolute atomic E-state index is 5.97. The zero-order valence-electron chi connectivity index (χ0n) is 12.1. The fourth-order valence-electron chi connectivity index (χ4n) is 3.46. The molecule has 2 rings (SSSR count). The fraction of sp³-hybridized carbons (Fsp3) is 0.688. The highest BCUT2D eigenvalue weighted by molar-refractivity contribution is 5.30. The van der Waals surface area contributed by atoms with E-state index >= 15 is 0 Å². The number of hydrogen-bond acceptors (Lipinski definition) is 3. The summed E-state index contributed by atoms with van der Waals surface area (Å²) in [6.45, 7) is 3.02. The molecule has 1 saturated carbocycles. The van der Waals surface area contributed by atoms with Crippen molar-refractivity contribution in [2.24, 2.45) is 17.6 Å². The van der Waals surface area contributed by atoms with Crippen LogP contribution < -0.4 is 10.5 Å². The first-order valence-corrected chi connectivity index (χ1v) is 7.49. The molecule has 3 nitrogen and oxygen atoms in total. The van der Waals surface area contributed by atoms with Gasteiger partial charge in [-0.3, -0.25) is 4.98 Å². The SMILES string of the molecule is CCCC1CCC(CN)C(c2ncccc2OC)C1. The van der Waals surface area contributed by atoms with Crippen molar-refractivity contribution >= 4 is 0 Å². The number of rotatable bonds is 5. The first-order valence-electron chi connectivity index (χ1n) is 7.49. The summed E-state index contributed by atoms with van der Waals surface area (Å²) in [6.07, 6.45) is 8.22. The molecule has 0 bridgehead atoms. The van der Waals surface area contributed by atoms with Crippen LogP contribution in [0.3, 0.4) is 0 Å². The molecule has 3 atom stereocenters. The van der Waals surface area contributed by atoms with Crippen LogP contribution in [0.15, 0.2) is 18.3 Å². The molecule has 1 fully saturated rings. The molecular formula is C16H26N2O. The smallest absolute Gasteiger partial charge is 0.140 e. The summed E-state index contributed by atoms with van der Waals surface area (Å²) < 4.78 is 5.48. The second-order valence-corrected chi connectivity index (χ2v) is 5.66. The Hall–Kier alpha value is -1.09. The third kappa shape index (κ3) is 3.27. The summed E-state index contributed by atoms with van der Waals surface area (Å²) >= 11 is 0. The van der Waals surface area contributed by atoms with Gasteiger partial charge in [-0.2, -0.15) is 0 Å². The van der Waals surface area contributed by atoms with Gasteiger partial charge >= 0.3 is 0 Å². The number of nitrogens with zero attached hydrogens (tertiary/aromatic N) is 1. The molecule has 0 aliphatic heterocycles. The molecule has 19 heavy (non-hydrogen) atoms. The Balaban J connectivity index is 2.22. The lowest BCUT2D eigenvalue weighted by Crippen LogP contribution is -2.29. The number of pyridine rings is 1. The van der Waals surface area contributed by atoms with Crippen molar-refractivity contribution in [3.8, 4) is 5.75 Å². The van der Waals surface area contributed by atoms with E-state index in [1.807, 2.05) is 18.3 Å². The highest BCUT2D eigenvalue weighted by Gasteiger charge is 2.32. The molecule has 0 aromatic carbocycles. The summed E-state index contributed by atoms with van der Waals surface area (Å²) in [7, 11) is 1.73. The van der Waals surface area contributed by atoms with Crippen molar-refractivity contribution in [3.63, 3.8) is 0 Å². The van der Waals surface area contributed by atoms with Crippen LogP contribution in [0.5, 0.6) is 5.75 Å². The van der Waals surface area contributed by atoms with E-state index in [1.165, 1.54) is 32.1 Å². The summed E-state index contributed by atoms with van der Waals surface area (Å²) in [5.74, 6) is 2.76. The van der Waals surface area contributed by atoms with Crippen LogP contribution in [0.2, 0.25) is 0 Å². The monoisotopic (exact) mass is 262 g/mol. The molecule has 0 saturated heterocycles. The Morgan fingerprint density at radius 3 is 2.95 bits per heavy atom. The molecule has 1 aromatic rings. The van der Waals surface area contributed by atoms with E-state index in [4.69, 9.17) is 10.5 Å². The first kappa shape index (κ1) is 14.3. The molecule has 0 spiro atoms. The molecular weight excluding hydrogens is 236 g/mol. The van der Waals surface area contributed by atoms with E-state index < -0.39 is 0 Å². The van der Waals surface area contributed by atoms with E-state index in [2.05, 4.69) is 11.9 Å². The second kappa shape index (κ2) is 6.90. The molecule has 106 valence electrons. The van der Waals surface area contributed by atoms with Crippen LogP contribution in [0.1, 0.15) is 50.6 Å². The van der Waals surface area contributed by atoms with E-state index in [9.17, 15) is 0 Å². The Kier molecular flexibility index (Phi) is 5.20. The first-order chi connectivity index (χ1) is 9.30. The van der Waals surface area contributed by atoms with Crippen LogP contribution in [0.4, 0.5) is 0 Å². The number of aromatic nitrogens is 1. The van der Waals surface area contributed by atoms with E-state index in [0.29, 0.717) is 11.8 Å². The molecule has 3 unspecified atom stereocenters. The standard InChI is InChI=1S/C16H26N2O/c1-3-5-12-7-8-13(11-17)14(10-12)16-15(19-2)6-4-9-18-16/h4,6,9,12-14H,3,5,7-8,10-11,17H2,1-2H3. The summed E-state index contributed by atoms with van der Waals surface area (Å²) in [5, 5.41) is 0. The summed E-state index contributed by atoms with van der Waals surface area (Å²) in [5.41, 5.74) is 7.09. The lowest BCUT2D eigenvalue weighted by molar-refractivity contribution is 0.223. The topological polar surface area (TPSA) is 48.1 Å². The maximum Gasteiger partial charge on any atom is 0.140 e. The Morgan fingerprint density at radius 2 is 2.26 bits per heavy atom. The minimum atomic E-state index is 0.464. The predicted octanol–water partition coefficient (Wildman–Crippen LogP) is 3.35. The molecule has 1 aromatic heterocycles. The number of hydrogen-bond donors (Lipinski definition) is 1. The van der Waals surface area contributed by atoms with E-state index in [1.54, 1.807) is 7.11 Å². The van der Waals surface area contributed by atoms with Crippen molar-refractivity contribution < 1.29 is 4.74 Å². The Labute approximate surface area is 116 Å². The van der Waals surface area contributed by atoms with Crippen LogP contribution >= 0.6 is 0 Å². The minimum Gasteiger partial charge on any atom is -0.495 e. The lowest BCUT2D eigenvalue weighted by atomic mass is 9.71. The van der Waals surface area contributed by atoms with Gasteiger partial charge in [0.15, 0.2) is 0 Å². The lowest BCUT2D eigenvalue weighted by Gasteiger charge is -2.35. The third-order valence-electron chi connectivity index (χ3n) is 4.47. The molecule has 2 N–H and O–H groups in total. The van der Waals surface area contributed by atoms with Gasteiger partial charge in [-0.05, 0) is 43.4 Å². The minimum absolute atomic E-state index is 0.464. The zero-order valence-corrected chi connectivity index (χ0v) is 12.1. The van der Waals surface area contributed by atoms with Gasteiger partial charge < -0.3 is 10.5 Å². The van der Waals surface area contributed by atoms with Crippen LogP contribution in [0.25, 0.3) is 0 Å². The molecule has 0 radical (unpaired) electrons. The van der Waals surface area contributed by atoms with Crippen molar-refractivity contribution in [2.75, 3.05) is 13.7 Å². The molecule has 1 heterocycles. The van der Waals surface area contributed by atoms with Gasteiger partial charge in [0.2, 0.25) is 0 Å². The van der Waals surface area contributed by atoms with Crippen LogP contribution in [-0.4, -0.2) is 18.6 Å². The third-order valence-corrected chi connectivity index (χ3v) is 4.47.